The molecule has 2 aromatic rings. The molecule has 0 unspecified atom stereocenters. The van der Waals surface area contributed by atoms with Crippen LogP contribution in [0.4, 0.5) is 0 Å². The lowest BCUT2D eigenvalue weighted by molar-refractivity contribution is 0.256. The van der Waals surface area contributed by atoms with Gasteiger partial charge in [0.1, 0.15) is 5.75 Å². The van der Waals surface area contributed by atoms with Gasteiger partial charge in [0.2, 0.25) is 0 Å². The number of rotatable bonds is 10. The molecule has 158 valence electrons. The van der Waals surface area contributed by atoms with Gasteiger partial charge in [-0.1, -0.05) is 58.9 Å². The number of hydrogen-bond acceptors (Lipinski definition) is 3. The minimum absolute atomic E-state index is 0.573. The summed E-state index contributed by atoms with van der Waals surface area (Å²) in [4.78, 5) is 0. The van der Waals surface area contributed by atoms with Gasteiger partial charge in [-0.25, -0.2) is 0 Å². The van der Waals surface area contributed by atoms with Crippen molar-refractivity contribution in [2.24, 2.45) is 11.8 Å². The summed E-state index contributed by atoms with van der Waals surface area (Å²) in [7, 11) is 0. The van der Waals surface area contributed by atoms with Gasteiger partial charge >= 0.3 is 0 Å². The molecule has 1 aliphatic rings. The largest absolute Gasteiger partial charge is 0.493 e. The van der Waals surface area contributed by atoms with E-state index in [1.165, 1.54) is 62.5 Å². The van der Waals surface area contributed by atoms with Crippen LogP contribution in [-0.2, 0) is 0 Å². The van der Waals surface area contributed by atoms with E-state index in [0.717, 1.165) is 30.3 Å². The SMILES string of the molecule is CCCCC[C@H]1CC[C@H](c2ccc(OC[C@@H](C)CC)cc2-c2ccnnc2)CC1. The molecule has 0 bridgehead atoms. The quantitative estimate of drug-likeness (QED) is 0.393. The van der Waals surface area contributed by atoms with Crippen molar-refractivity contribution in [2.45, 2.75) is 84.5 Å². The number of aromatic nitrogens is 2. The van der Waals surface area contributed by atoms with Crippen LogP contribution in [0.5, 0.6) is 5.75 Å². The maximum absolute atomic E-state index is 6.10. The van der Waals surface area contributed by atoms with Crippen molar-refractivity contribution in [1.29, 1.82) is 0 Å². The Bertz CT molecular complexity index is 723. The van der Waals surface area contributed by atoms with Crippen LogP contribution in [0.15, 0.2) is 36.7 Å². The molecular formula is C26H38N2O. The maximum atomic E-state index is 6.10. The summed E-state index contributed by atoms with van der Waals surface area (Å²) in [5, 5.41) is 8.10. The van der Waals surface area contributed by atoms with Gasteiger partial charge < -0.3 is 4.74 Å². The lowest BCUT2D eigenvalue weighted by Crippen LogP contribution is -2.14. The first-order chi connectivity index (χ1) is 14.2. The highest BCUT2D eigenvalue weighted by Gasteiger charge is 2.24. The third kappa shape index (κ3) is 6.29. The molecular weight excluding hydrogens is 356 g/mol. The van der Waals surface area contributed by atoms with Gasteiger partial charge in [0.05, 0.1) is 19.0 Å². The molecule has 0 amide bonds. The zero-order chi connectivity index (χ0) is 20.5. The van der Waals surface area contributed by atoms with E-state index in [1.54, 1.807) is 6.20 Å². The van der Waals surface area contributed by atoms with Gasteiger partial charge in [-0.15, -0.1) is 0 Å². The molecule has 0 spiro atoms. The number of ether oxygens (including phenoxy) is 1. The van der Waals surface area contributed by atoms with Crippen LogP contribution >= 0.6 is 0 Å². The highest BCUT2D eigenvalue weighted by atomic mass is 16.5. The predicted molar refractivity (Wildman–Crippen MR) is 121 cm³/mol. The van der Waals surface area contributed by atoms with E-state index in [0.29, 0.717) is 11.8 Å². The Hall–Kier alpha value is -1.90. The van der Waals surface area contributed by atoms with Gasteiger partial charge in [0.25, 0.3) is 0 Å². The average molecular weight is 395 g/mol. The summed E-state index contributed by atoms with van der Waals surface area (Å²) >= 11 is 0. The molecule has 3 rings (SSSR count). The van der Waals surface area contributed by atoms with Gasteiger partial charge in [0.15, 0.2) is 0 Å². The Balaban J connectivity index is 1.74. The molecule has 1 heterocycles. The molecule has 3 heteroatoms. The van der Waals surface area contributed by atoms with E-state index in [1.807, 2.05) is 6.20 Å². The van der Waals surface area contributed by atoms with Crippen LogP contribution < -0.4 is 4.74 Å². The van der Waals surface area contributed by atoms with Crippen LogP contribution in [0, 0.1) is 11.8 Å². The highest BCUT2D eigenvalue weighted by molar-refractivity contribution is 5.69. The molecule has 0 N–H and O–H groups in total. The van der Waals surface area contributed by atoms with Crippen molar-refractivity contribution in [2.75, 3.05) is 6.61 Å². The molecule has 1 aliphatic carbocycles. The summed E-state index contributed by atoms with van der Waals surface area (Å²) in [5.41, 5.74) is 3.88. The topological polar surface area (TPSA) is 35.0 Å². The second kappa shape index (κ2) is 11.3. The summed E-state index contributed by atoms with van der Waals surface area (Å²) in [6.07, 6.45) is 15.7. The fraction of sp³-hybridized carbons (Fsp3) is 0.615. The zero-order valence-electron chi connectivity index (χ0n) is 18.6. The van der Waals surface area contributed by atoms with Crippen molar-refractivity contribution >= 4 is 0 Å². The molecule has 1 saturated carbocycles. The van der Waals surface area contributed by atoms with Crippen LogP contribution in [0.25, 0.3) is 11.1 Å². The van der Waals surface area contributed by atoms with Crippen molar-refractivity contribution in [1.82, 2.24) is 10.2 Å². The number of unbranched alkanes of at least 4 members (excludes halogenated alkanes) is 2. The lowest BCUT2D eigenvalue weighted by Gasteiger charge is -2.30. The fourth-order valence-corrected chi connectivity index (χ4v) is 4.48. The monoisotopic (exact) mass is 394 g/mol. The molecule has 0 aliphatic heterocycles. The van der Waals surface area contributed by atoms with E-state index in [2.05, 4.69) is 55.2 Å². The first kappa shape index (κ1) is 21.8. The fourth-order valence-electron chi connectivity index (χ4n) is 4.48. The second-order valence-corrected chi connectivity index (χ2v) is 8.92. The maximum Gasteiger partial charge on any atom is 0.119 e. The van der Waals surface area contributed by atoms with E-state index in [4.69, 9.17) is 4.74 Å². The van der Waals surface area contributed by atoms with E-state index >= 15 is 0 Å². The number of nitrogens with zero attached hydrogens (tertiary/aromatic N) is 2. The Morgan fingerprint density at radius 2 is 1.86 bits per heavy atom. The van der Waals surface area contributed by atoms with Crippen molar-refractivity contribution in [3.63, 3.8) is 0 Å². The van der Waals surface area contributed by atoms with E-state index < -0.39 is 0 Å². The summed E-state index contributed by atoms with van der Waals surface area (Å²) in [5.74, 6) is 3.11. The molecule has 1 fully saturated rings. The average Bonchev–Trinajstić information content (AvgIpc) is 2.78. The van der Waals surface area contributed by atoms with Crippen LogP contribution in [0.2, 0.25) is 0 Å². The number of benzene rings is 1. The van der Waals surface area contributed by atoms with Gasteiger partial charge in [-0.3, -0.25) is 0 Å². The normalized spacial score (nSPS) is 20.4. The van der Waals surface area contributed by atoms with Crippen LogP contribution in [0.1, 0.15) is 90.0 Å². The zero-order valence-corrected chi connectivity index (χ0v) is 18.6. The lowest BCUT2D eigenvalue weighted by atomic mass is 9.75. The minimum atomic E-state index is 0.573. The third-order valence-electron chi connectivity index (χ3n) is 6.65. The highest BCUT2D eigenvalue weighted by Crippen LogP contribution is 2.42. The molecule has 1 atom stereocenters. The van der Waals surface area contributed by atoms with E-state index in [9.17, 15) is 0 Å². The molecule has 1 aromatic heterocycles. The first-order valence-electron chi connectivity index (χ1n) is 11.7. The summed E-state index contributed by atoms with van der Waals surface area (Å²) in [6.45, 7) is 7.51. The molecule has 0 radical (unpaired) electrons. The van der Waals surface area contributed by atoms with E-state index in [-0.39, 0.29) is 0 Å². The minimum Gasteiger partial charge on any atom is -0.493 e. The first-order valence-corrected chi connectivity index (χ1v) is 11.7. The Morgan fingerprint density at radius 1 is 1.03 bits per heavy atom. The molecule has 29 heavy (non-hydrogen) atoms. The predicted octanol–water partition coefficient (Wildman–Crippen LogP) is 7.42. The molecule has 0 saturated heterocycles. The summed E-state index contributed by atoms with van der Waals surface area (Å²) in [6, 6.07) is 8.77. The number of hydrogen-bond donors (Lipinski definition) is 0. The van der Waals surface area contributed by atoms with Gasteiger partial charge in [-0.2, -0.15) is 10.2 Å². The van der Waals surface area contributed by atoms with Gasteiger partial charge in [0, 0.05) is 5.56 Å². The standard InChI is InChI=1S/C26H38N2O/c1-4-6-7-8-21-9-11-22(12-10-21)25-14-13-24(29-19-20(3)5-2)17-26(25)23-15-16-27-28-18-23/h13-18,20-22H,4-12,19H2,1-3H3/t20-,21-,22-/m0/s1. The second-order valence-electron chi connectivity index (χ2n) is 8.92. The van der Waals surface area contributed by atoms with Crippen LogP contribution in [0.3, 0.4) is 0 Å². The molecule has 3 nitrogen and oxygen atoms in total. The smallest absolute Gasteiger partial charge is 0.119 e. The van der Waals surface area contributed by atoms with Crippen molar-refractivity contribution in [3.05, 3.63) is 42.2 Å². The van der Waals surface area contributed by atoms with Crippen molar-refractivity contribution in [3.8, 4) is 16.9 Å². The Labute approximate surface area is 177 Å². The molecule has 1 aromatic carbocycles. The Kier molecular flexibility index (Phi) is 8.52. The summed E-state index contributed by atoms with van der Waals surface area (Å²) < 4.78 is 6.10. The third-order valence-corrected chi connectivity index (χ3v) is 6.65. The van der Waals surface area contributed by atoms with Crippen molar-refractivity contribution < 1.29 is 4.74 Å². The Morgan fingerprint density at radius 3 is 2.55 bits per heavy atom. The van der Waals surface area contributed by atoms with Gasteiger partial charge in [-0.05, 0) is 72.8 Å². The van der Waals surface area contributed by atoms with Crippen LogP contribution in [-0.4, -0.2) is 16.8 Å².